The zero-order chi connectivity index (χ0) is 12.8. The monoisotopic (exact) mass is 246 g/mol. The Bertz CT molecular complexity index is 345. The maximum absolute atomic E-state index is 3.60. The molecule has 1 aliphatic rings. The second kappa shape index (κ2) is 6.91. The number of piperidine rings is 1. The van der Waals surface area contributed by atoms with Gasteiger partial charge in [0.15, 0.2) is 0 Å². The van der Waals surface area contributed by atoms with Crippen LogP contribution < -0.4 is 5.32 Å². The average Bonchev–Trinajstić information content (AvgIpc) is 2.42. The van der Waals surface area contributed by atoms with Crippen molar-refractivity contribution in [2.24, 2.45) is 0 Å². The second-order valence-corrected chi connectivity index (χ2v) is 5.43. The summed E-state index contributed by atoms with van der Waals surface area (Å²) in [5.74, 6) is 0. The molecule has 1 aromatic carbocycles. The van der Waals surface area contributed by atoms with Gasteiger partial charge >= 0.3 is 0 Å². The van der Waals surface area contributed by atoms with Crippen LogP contribution in [0.1, 0.15) is 37.3 Å². The lowest BCUT2D eigenvalue weighted by Gasteiger charge is -2.32. The summed E-state index contributed by atoms with van der Waals surface area (Å²) in [7, 11) is 2.25. The number of likely N-dealkylation sites (N-methyl/N-ethyl adjacent to an activating group) is 1. The van der Waals surface area contributed by atoms with Crippen LogP contribution in [0.15, 0.2) is 24.3 Å². The molecule has 1 aliphatic heterocycles. The smallest absolute Gasteiger partial charge is 0.0217 e. The molecule has 0 amide bonds. The minimum Gasteiger partial charge on any atom is -0.311 e. The summed E-state index contributed by atoms with van der Waals surface area (Å²) in [6.45, 7) is 5.57. The van der Waals surface area contributed by atoms with E-state index >= 15 is 0 Å². The molecule has 1 N–H and O–H groups in total. The van der Waals surface area contributed by atoms with Crippen molar-refractivity contribution in [1.82, 2.24) is 10.2 Å². The molecule has 1 saturated heterocycles. The van der Waals surface area contributed by atoms with Crippen molar-refractivity contribution in [3.05, 3.63) is 35.4 Å². The number of nitrogens with zero attached hydrogens (tertiary/aromatic N) is 1. The van der Waals surface area contributed by atoms with Crippen LogP contribution in [0.4, 0.5) is 0 Å². The Balaban J connectivity index is 1.73. The van der Waals surface area contributed by atoms with Crippen LogP contribution in [-0.2, 0) is 13.0 Å². The summed E-state index contributed by atoms with van der Waals surface area (Å²) in [4.78, 5) is 2.50. The molecular formula is C16H26N2. The fraction of sp³-hybridized carbons (Fsp3) is 0.625. The van der Waals surface area contributed by atoms with Gasteiger partial charge in [0.25, 0.3) is 0 Å². The molecule has 0 aromatic heterocycles. The number of hydrogen-bond donors (Lipinski definition) is 1. The summed E-state index contributed by atoms with van der Waals surface area (Å²) in [6.07, 6.45) is 5.23. The summed E-state index contributed by atoms with van der Waals surface area (Å²) < 4.78 is 0. The van der Waals surface area contributed by atoms with E-state index in [-0.39, 0.29) is 0 Å². The van der Waals surface area contributed by atoms with Crippen molar-refractivity contribution < 1.29 is 0 Å². The summed E-state index contributed by atoms with van der Waals surface area (Å²) in [5, 5.41) is 3.60. The molecule has 1 unspecified atom stereocenters. The highest BCUT2D eigenvalue weighted by Gasteiger charge is 2.17. The Morgan fingerprint density at radius 3 is 2.56 bits per heavy atom. The van der Waals surface area contributed by atoms with Crippen molar-refractivity contribution in [1.29, 1.82) is 0 Å². The van der Waals surface area contributed by atoms with Crippen LogP contribution in [0, 0.1) is 0 Å². The van der Waals surface area contributed by atoms with Gasteiger partial charge in [-0.15, -0.1) is 0 Å². The van der Waals surface area contributed by atoms with E-state index < -0.39 is 0 Å². The highest BCUT2D eigenvalue weighted by molar-refractivity contribution is 5.22. The van der Waals surface area contributed by atoms with Gasteiger partial charge in [-0.1, -0.05) is 37.6 Å². The first-order valence-electron chi connectivity index (χ1n) is 7.28. The Morgan fingerprint density at radius 2 is 1.89 bits per heavy atom. The van der Waals surface area contributed by atoms with Gasteiger partial charge in [-0.05, 0) is 44.0 Å². The lowest BCUT2D eigenvalue weighted by atomic mass is 10.0. The van der Waals surface area contributed by atoms with Crippen LogP contribution in [0.25, 0.3) is 0 Å². The molecule has 0 bridgehead atoms. The molecule has 1 fully saturated rings. The zero-order valence-corrected chi connectivity index (χ0v) is 11.8. The third-order valence-electron chi connectivity index (χ3n) is 4.06. The summed E-state index contributed by atoms with van der Waals surface area (Å²) >= 11 is 0. The molecule has 2 heteroatoms. The van der Waals surface area contributed by atoms with Gasteiger partial charge in [0.2, 0.25) is 0 Å². The number of nitrogens with one attached hydrogen (secondary N) is 1. The Kier molecular flexibility index (Phi) is 5.21. The molecule has 18 heavy (non-hydrogen) atoms. The zero-order valence-electron chi connectivity index (χ0n) is 11.8. The fourth-order valence-corrected chi connectivity index (χ4v) is 2.68. The maximum Gasteiger partial charge on any atom is 0.0217 e. The second-order valence-electron chi connectivity index (χ2n) is 5.43. The SMILES string of the molecule is CCc1ccc(CNCC2CCCCN2C)cc1. The number of benzene rings is 1. The summed E-state index contributed by atoms with van der Waals surface area (Å²) in [5.41, 5.74) is 2.82. The number of rotatable bonds is 5. The minimum atomic E-state index is 0.730. The van der Waals surface area contributed by atoms with E-state index in [1.54, 1.807) is 0 Å². The Hall–Kier alpha value is -0.860. The molecule has 100 valence electrons. The first kappa shape index (κ1) is 13.6. The first-order chi connectivity index (χ1) is 8.79. The number of hydrogen-bond acceptors (Lipinski definition) is 2. The van der Waals surface area contributed by atoms with E-state index in [4.69, 9.17) is 0 Å². The van der Waals surface area contributed by atoms with Crippen molar-refractivity contribution in [3.8, 4) is 0 Å². The molecule has 1 aromatic rings. The van der Waals surface area contributed by atoms with Gasteiger partial charge in [0.1, 0.15) is 0 Å². The van der Waals surface area contributed by atoms with E-state index in [1.807, 2.05) is 0 Å². The van der Waals surface area contributed by atoms with Crippen LogP contribution in [0.2, 0.25) is 0 Å². The van der Waals surface area contributed by atoms with Crippen LogP contribution in [0.5, 0.6) is 0 Å². The molecule has 0 aliphatic carbocycles. The minimum absolute atomic E-state index is 0.730. The molecule has 0 saturated carbocycles. The molecular weight excluding hydrogens is 220 g/mol. The van der Waals surface area contributed by atoms with Crippen LogP contribution in [0.3, 0.4) is 0 Å². The van der Waals surface area contributed by atoms with Crippen molar-refractivity contribution in [2.45, 2.75) is 45.2 Å². The Morgan fingerprint density at radius 1 is 1.17 bits per heavy atom. The van der Waals surface area contributed by atoms with E-state index in [2.05, 4.69) is 48.5 Å². The predicted molar refractivity (Wildman–Crippen MR) is 77.8 cm³/mol. The molecule has 0 radical (unpaired) electrons. The van der Waals surface area contributed by atoms with E-state index in [0.29, 0.717) is 0 Å². The van der Waals surface area contributed by atoms with E-state index in [9.17, 15) is 0 Å². The van der Waals surface area contributed by atoms with Gasteiger partial charge in [-0.3, -0.25) is 0 Å². The number of likely N-dealkylation sites (tertiary alicyclic amines) is 1. The molecule has 1 atom stereocenters. The lowest BCUT2D eigenvalue weighted by molar-refractivity contribution is 0.181. The molecule has 2 nitrogen and oxygen atoms in total. The van der Waals surface area contributed by atoms with Gasteiger partial charge in [0.05, 0.1) is 0 Å². The van der Waals surface area contributed by atoms with E-state index in [1.165, 1.54) is 36.9 Å². The molecule has 2 rings (SSSR count). The lowest BCUT2D eigenvalue weighted by Crippen LogP contribution is -2.42. The van der Waals surface area contributed by atoms with Crippen molar-refractivity contribution in [3.63, 3.8) is 0 Å². The van der Waals surface area contributed by atoms with Crippen molar-refractivity contribution >= 4 is 0 Å². The van der Waals surface area contributed by atoms with Gasteiger partial charge < -0.3 is 10.2 Å². The highest BCUT2D eigenvalue weighted by Crippen LogP contribution is 2.14. The third-order valence-corrected chi connectivity index (χ3v) is 4.06. The fourth-order valence-electron chi connectivity index (χ4n) is 2.68. The first-order valence-corrected chi connectivity index (χ1v) is 7.28. The van der Waals surface area contributed by atoms with Gasteiger partial charge in [0, 0.05) is 19.1 Å². The normalized spacial score (nSPS) is 21.1. The van der Waals surface area contributed by atoms with Crippen molar-refractivity contribution in [2.75, 3.05) is 20.1 Å². The van der Waals surface area contributed by atoms with Gasteiger partial charge in [-0.25, -0.2) is 0 Å². The van der Waals surface area contributed by atoms with Gasteiger partial charge in [-0.2, -0.15) is 0 Å². The maximum atomic E-state index is 3.60. The standard InChI is InChI=1S/C16H26N2/c1-3-14-7-9-15(10-8-14)12-17-13-16-6-4-5-11-18(16)2/h7-10,16-17H,3-6,11-13H2,1-2H3. The molecule has 0 spiro atoms. The highest BCUT2D eigenvalue weighted by atomic mass is 15.2. The predicted octanol–water partition coefficient (Wildman–Crippen LogP) is 2.82. The Labute approximate surface area is 111 Å². The average molecular weight is 246 g/mol. The van der Waals surface area contributed by atoms with Crippen LogP contribution >= 0.6 is 0 Å². The van der Waals surface area contributed by atoms with E-state index in [0.717, 1.165) is 25.6 Å². The van der Waals surface area contributed by atoms with Crippen LogP contribution in [-0.4, -0.2) is 31.1 Å². The molecule has 1 heterocycles. The largest absolute Gasteiger partial charge is 0.311 e. The quantitative estimate of drug-likeness (QED) is 0.859. The topological polar surface area (TPSA) is 15.3 Å². The summed E-state index contributed by atoms with van der Waals surface area (Å²) in [6, 6.07) is 9.70. The number of aryl methyl sites for hydroxylation is 1. The third kappa shape index (κ3) is 3.82.